The number of hydrogen-bond acceptors (Lipinski definition) is 2. The van der Waals surface area contributed by atoms with Crippen molar-refractivity contribution in [3.8, 4) is 5.75 Å². The molecule has 136 valence electrons. The monoisotopic (exact) mass is 335 g/mol. The third-order valence-electron chi connectivity index (χ3n) is 4.96. The SMILES string of the molecule is CC(C)CCN1CCC(COc2ccc(C(C)(C)C)c(F)c2)CC1. The van der Waals surface area contributed by atoms with E-state index in [4.69, 9.17) is 4.74 Å². The van der Waals surface area contributed by atoms with E-state index in [1.54, 1.807) is 6.07 Å². The van der Waals surface area contributed by atoms with Crippen molar-refractivity contribution < 1.29 is 9.13 Å². The molecule has 1 aromatic rings. The quantitative estimate of drug-likeness (QED) is 0.703. The van der Waals surface area contributed by atoms with Crippen molar-refractivity contribution in [1.29, 1.82) is 0 Å². The Morgan fingerprint density at radius 2 is 1.88 bits per heavy atom. The summed E-state index contributed by atoms with van der Waals surface area (Å²) in [6.07, 6.45) is 3.64. The van der Waals surface area contributed by atoms with E-state index in [2.05, 4.69) is 18.7 Å². The molecule has 0 atom stereocenters. The molecule has 0 N–H and O–H groups in total. The summed E-state index contributed by atoms with van der Waals surface area (Å²) in [4.78, 5) is 2.56. The first-order valence-corrected chi connectivity index (χ1v) is 9.41. The molecule has 2 nitrogen and oxygen atoms in total. The first kappa shape index (κ1) is 19.2. The molecule has 1 heterocycles. The van der Waals surface area contributed by atoms with Crippen molar-refractivity contribution in [1.82, 2.24) is 4.90 Å². The molecule has 0 bridgehead atoms. The highest BCUT2D eigenvalue weighted by molar-refractivity contribution is 5.32. The summed E-state index contributed by atoms with van der Waals surface area (Å²) in [6, 6.07) is 5.30. The van der Waals surface area contributed by atoms with Gasteiger partial charge in [0, 0.05) is 6.07 Å². The van der Waals surface area contributed by atoms with E-state index in [1.165, 1.54) is 25.8 Å². The van der Waals surface area contributed by atoms with Crippen LogP contribution in [-0.2, 0) is 5.41 Å². The molecule has 0 amide bonds. The molecule has 1 aliphatic rings. The lowest BCUT2D eigenvalue weighted by molar-refractivity contribution is 0.137. The lowest BCUT2D eigenvalue weighted by Crippen LogP contribution is -2.36. The van der Waals surface area contributed by atoms with E-state index in [-0.39, 0.29) is 11.2 Å². The van der Waals surface area contributed by atoms with Crippen LogP contribution in [0.2, 0.25) is 0 Å². The first-order valence-electron chi connectivity index (χ1n) is 9.41. The van der Waals surface area contributed by atoms with E-state index in [9.17, 15) is 4.39 Å². The molecular formula is C21H34FNO. The zero-order valence-electron chi connectivity index (χ0n) is 16.1. The fourth-order valence-electron chi connectivity index (χ4n) is 3.23. The Morgan fingerprint density at radius 1 is 1.21 bits per heavy atom. The maximum Gasteiger partial charge on any atom is 0.130 e. The molecule has 1 aliphatic heterocycles. The van der Waals surface area contributed by atoms with Crippen molar-refractivity contribution in [3.05, 3.63) is 29.6 Å². The smallest absolute Gasteiger partial charge is 0.130 e. The highest BCUT2D eigenvalue weighted by Crippen LogP contribution is 2.28. The normalized spacial score (nSPS) is 17.5. The van der Waals surface area contributed by atoms with E-state index in [1.807, 2.05) is 32.9 Å². The van der Waals surface area contributed by atoms with Crippen molar-refractivity contribution in [2.75, 3.05) is 26.2 Å². The Morgan fingerprint density at radius 3 is 2.42 bits per heavy atom. The third kappa shape index (κ3) is 5.77. The molecule has 0 unspecified atom stereocenters. The summed E-state index contributed by atoms with van der Waals surface area (Å²) in [5.41, 5.74) is 0.569. The van der Waals surface area contributed by atoms with Gasteiger partial charge >= 0.3 is 0 Å². The molecule has 0 aliphatic carbocycles. The molecule has 2 rings (SSSR count). The fourth-order valence-corrected chi connectivity index (χ4v) is 3.23. The van der Waals surface area contributed by atoms with Crippen LogP contribution >= 0.6 is 0 Å². The minimum absolute atomic E-state index is 0.163. The highest BCUT2D eigenvalue weighted by Gasteiger charge is 2.21. The van der Waals surface area contributed by atoms with Gasteiger partial charge in [-0.25, -0.2) is 4.39 Å². The van der Waals surface area contributed by atoms with Crippen LogP contribution in [0, 0.1) is 17.7 Å². The fraction of sp³-hybridized carbons (Fsp3) is 0.714. The molecule has 1 aromatic carbocycles. The summed E-state index contributed by atoms with van der Waals surface area (Å²) in [6.45, 7) is 14.9. The number of likely N-dealkylation sites (tertiary alicyclic amines) is 1. The molecule has 1 saturated heterocycles. The lowest BCUT2D eigenvalue weighted by Gasteiger charge is -2.32. The number of nitrogens with zero attached hydrogens (tertiary/aromatic N) is 1. The van der Waals surface area contributed by atoms with Gasteiger partial charge in [-0.05, 0) is 67.8 Å². The maximum atomic E-state index is 14.2. The van der Waals surface area contributed by atoms with Crippen LogP contribution in [0.1, 0.15) is 59.4 Å². The van der Waals surface area contributed by atoms with Crippen LogP contribution in [0.4, 0.5) is 4.39 Å². The van der Waals surface area contributed by atoms with Gasteiger partial charge in [0.25, 0.3) is 0 Å². The molecule has 3 heteroatoms. The van der Waals surface area contributed by atoms with Gasteiger partial charge in [0.2, 0.25) is 0 Å². The van der Waals surface area contributed by atoms with Crippen LogP contribution < -0.4 is 4.74 Å². The number of hydrogen-bond donors (Lipinski definition) is 0. The molecular weight excluding hydrogens is 301 g/mol. The van der Waals surface area contributed by atoms with Crippen molar-refractivity contribution >= 4 is 0 Å². The van der Waals surface area contributed by atoms with Gasteiger partial charge in [0.1, 0.15) is 11.6 Å². The third-order valence-corrected chi connectivity index (χ3v) is 4.96. The number of rotatable bonds is 6. The molecule has 0 saturated carbocycles. The van der Waals surface area contributed by atoms with Gasteiger partial charge in [0.05, 0.1) is 6.61 Å². The van der Waals surface area contributed by atoms with Crippen LogP contribution in [0.3, 0.4) is 0 Å². The van der Waals surface area contributed by atoms with Crippen LogP contribution in [0.25, 0.3) is 0 Å². The predicted octanol–water partition coefficient (Wildman–Crippen LogP) is 5.26. The standard InChI is InChI=1S/C21H34FNO/c1-16(2)8-11-23-12-9-17(10-13-23)15-24-18-6-7-19(20(22)14-18)21(3,4)5/h6-7,14,16-17H,8-13,15H2,1-5H3. The van der Waals surface area contributed by atoms with E-state index in [0.717, 1.165) is 24.6 Å². The second kappa shape index (κ2) is 8.33. The largest absolute Gasteiger partial charge is 0.493 e. The predicted molar refractivity (Wildman–Crippen MR) is 99.2 cm³/mol. The Balaban J connectivity index is 1.78. The molecule has 0 aromatic heterocycles. The average Bonchev–Trinajstić information content (AvgIpc) is 2.50. The second-order valence-corrected chi connectivity index (χ2v) is 8.67. The number of piperidine rings is 1. The van der Waals surface area contributed by atoms with Gasteiger partial charge in [-0.2, -0.15) is 0 Å². The summed E-state index contributed by atoms with van der Waals surface area (Å²) in [5.74, 6) is 1.86. The highest BCUT2D eigenvalue weighted by atomic mass is 19.1. The van der Waals surface area contributed by atoms with Gasteiger partial charge in [-0.3, -0.25) is 0 Å². The minimum Gasteiger partial charge on any atom is -0.493 e. The number of benzene rings is 1. The molecule has 0 radical (unpaired) electrons. The zero-order chi connectivity index (χ0) is 17.7. The van der Waals surface area contributed by atoms with Crippen molar-refractivity contribution in [2.24, 2.45) is 11.8 Å². The van der Waals surface area contributed by atoms with Gasteiger partial charge in [0.15, 0.2) is 0 Å². The zero-order valence-corrected chi connectivity index (χ0v) is 16.1. The van der Waals surface area contributed by atoms with Crippen molar-refractivity contribution in [2.45, 2.75) is 59.3 Å². The Labute approximate surface area is 147 Å². The first-order chi connectivity index (χ1) is 11.3. The number of halogens is 1. The van der Waals surface area contributed by atoms with E-state index in [0.29, 0.717) is 18.3 Å². The van der Waals surface area contributed by atoms with E-state index >= 15 is 0 Å². The van der Waals surface area contributed by atoms with Crippen LogP contribution in [0.15, 0.2) is 18.2 Å². The summed E-state index contributed by atoms with van der Waals surface area (Å²) in [7, 11) is 0. The average molecular weight is 336 g/mol. The topological polar surface area (TPSA) is 12.5 Å². The van der Waals surface area contributed by atoms with Crippen LogP contribution in [0.5, 0.6) is 5.75 Å². The summed E-state index contributed by atoms with van der Waals surface area (Å²) in [5, 5.41) is 0. The Hall–Kier alpha value is -1.09. The molecule has 1 fully saturated rings. The maximum absolute atomic E-state index is 14.2. The summed E-state index contributed by atoms with van der Waals surface area (Å²) >= 11 is 0. The van der Waals surface area contributed by atoms with Gasteiger partial charge in [-0.1, -0.05) is 40.7 Å². The van der Waals surface area contributed by atoms with Gasteiger partial charge < -0.3 is 9.64 Å². The number of ether oxygens (including phenoxy) is 1. The van der Waals surface area contributed by atoms with Crippen molar-refractivity contribution in [3.63, 3.8) is 0 Å². The summed E-state index contributed by atoms with van der Waals surface area (Å²) < 4.78 is 20.1. The lowest BCUT2D eigenvalue weighted by atomic mass is 9.86. The minimum atomic E-state index is -0.175. The molecule has 0 spiro atoms. The second-order valence-electron chi connectivity index (χ2n) is 8.67. The Bertz CT molecular complexity index is 513. The van der Waals surface area contributed by atoms with Crippen LogP contribution in [-0.4, -0.2) is 31.1 Å². The van der Waals surface area contributed by atoms with Gasteiger partial charge in [-0.15, -0.1) is 0 Å². The Kier molecular flexibility index (Phi) is 6.68. The van der Waals surface area contributed by atoms with E-state index < -0.39 is 0 Å². The molecule has 24 heavy (non-hydrogen) atoms.